The lowest BCUT2D eigenvalue weighted by Crippen LogP contribution is -2.32. The molecule has 23 heavy (non-hydrogen) atoms. The van der Waals surface area contributed by atoms with Gasteiger partial charge in [0, 0.05) is 6.54 Å². The van der Waals surface area contributed by atoms with Crippen LogP contribution >= 0.6 is 0 Å². The van der Waals surface area contributed by atoms with E-state index < -0.39 is 10.0 Å². The third-order valence-corrected chi connectivity index (χ3v) is 6.17. The van der Waals surface area contributed by atoms with Crippen LogP contribution in [0.1, 0.15) is 30.5 Å². The fraction of sp³-hybridized carbons (Fsp3) is 0.263. The number of sulfonamides is 1. The summed E-state index contributed by atoms with van der Waals surface area (Å²) in [4.78, 5) is 0.356. The summed E-state index contributed by atoms with van der Waals surface area (Å²) < 4.78 is 27.8. The first-order valence-electron chi connectivity index (χ1n) is 7.86. The lowest BCUT2D eigenvalue weighted by molar-refractivity contribution is 0.406. The van der Waals surface area contributed by atoms with Crippen molar-refractivity contribution in [1.29, 1.82) is 0 Å². The van der Waals surface area contributed by atoms with Crippen molar-refractivity contribution in [3.63, 3.8) is 0 Å². The van der Waals surface area contributed by atoms with Gasteiger partial charge < -0.3 is 0 Å². The molecular formula is C19H21NO2S. The van der Waals surface area contributed by atoms with Crippen LogP contribution in [0.25, 0.3) is 0 Å². The highest BCUT2D eigenvalue weighted by Crippen LogP contribution is 2.38. The van der Waals surface area contributed by atoms with E-state index in [9.17, 15) is 8.42 Å². The van der Waals surface area contributed by atoms with Crippen molar-refractivity contribution in [3.05, 3.63) is 77.4 Å². The number of rotatable bonds is 4. The Morgan fingerprint density at radius 3 is 2.30 bits per heavy atom. The van der Waals surface area contributed by atoms with Gasteiger partial charge in [0.25, 0.3) is 0 Å². The number of hydrogen-bond acceptors (Lipinski definition) is 2. The molecule has 0 bridgehead atoms. The zero-order valence-corrected chi connectivity index (χ0v) is 14.3. The highest BCUT2D eigenvalue weighted by Gasteiger charge is 2.36. The summed E-state index contributed by atoms with van der Waals surface area (Å²) >= 11 is 0. The predicted octanol–water partition coefficient (Wildman–Crippen LogP) is 4.08. The van der Waals surface area contributed by atoms with Crippen molar-refractivity contribution in [3.8, 4) is 0 Å². The van der Waals surface area contributed by atoms with E-state index >= 15 is 0 Å². The third kappa shape index (κ3) is 2.96. The van der Waals surface area contributed by atoms with E-state index in [1.165, 1.54) is 0 Å². The SMILES string of the molecule is CCC1=CCN(S(=O)(=O)c2ccc(C)cc2)C1c1ccccc1. The molecule has 0 amide bonds. The Bertz CT molecular complexity index is 808. The van der Waals surface area contributed by atoms with Crippen molar-refractivity contribution in [1.82, 2.24) is 4.31 Å². The van der Waals surface area contributed by atoms with Gasteiger partial charge in [-0.05, 0) is 31.0 Å². The summed E-state index contributed by atoms with van der Waals surface area (Å²) in [6.07, 6.45) is 2.89. The molecule has 0 aliphatic carbocycles. The maximum atomic E-state index is 13.1. The highest BCUT2D eigenvalue weighted by atomic mass is 32.2. The van der Waals surface area contributed by atoms with Crippen molar-refractivity contribution in [2.24, 2.45) is 0 Å². The first-order chi connectivity index (χ1) is 11.0. The van der Waals surface area contributed by atoms with Crippen LogP contribution in [0.15, 0.2) is 71.1 Å². The summed E-state index contributed by atoms with van der Waals surface area (Å²) in [7, 11) is -3.51. The standard InChI is InChI=1S/C19H21NO2S/c1-3-16-13-14-20(19(16)17-7-5-4-6-8-17)23(21,22)18-11-9-15(2)10-12-18/h4-13,19H,3,14H2,1-2H3. The van der Waals surface area contributed by atoms with Crippen LogP contribution in [0.4, 0.5) is 0 Å². The zero-order chi connectivity index (χ0) is 16.4. The van der Waals surface area contributed by atoms with Gasteiger partial charge in [0.2, 0.25) is 10.0 Å². The molecule has 0 aromatic heterocycles. The zero-order valence-electron chi connectivity index (χ0n) is 13.4. The van der Waals surface area contributed by atoms with Gasteiger partial charge in [-0.2, -0.15) is 4.31 Å². The predicted molar refractivity (Wildman–Crippen MR) is 92.6 cm³/mol. The second-order valence-electron chi connectivity index (χ2n) is 5.83. The minimum absolute atomic E-state index is 0.201. The largest absolute Gasteiger partial charge is 0.244 e. The maximum absolute atomic E-state index is 13.1. The van der Waals surface area contributed by atoms with Crippen LogP contribution in [-0.2, 0) is 10.0 Å². The van der Waals surface area contributed by atoms with Crippen LogP contribution < -0.4 is 0 Å². The maximum Gasteiger partial charge on any atom is 0.244 e. The van der Waals surface area contributed by atoms with Gasteiger partial charge in [-0.15, -0.1) is 0 Å². The van der Waals surface area contributed by atoms with Crippen LogP contribution in [0, 0.1) is 6.92 Å². The second kappa shape index (κ2) is 6.30. The highest BCUT2D eigenvalue weighted by molar-refractivity contribution is 7.89. The first kappa shape index (κ1) is 16.0. The molecule has 0 spiro atoms. The van der Waals surface area contributed by atoms with E-state index in [1.54, 1.807) is 16.4 Å². The van der Waals surface area contributed by atoms with Gasteiger partial charge in [-0.25, -0.2) is 8.42 Å². The molecule has 1 heterocycles. The Kier molecular flexibility index (Phi) is 4.37. The molecule has 2 aromatic rings. The molecule has 3 rings (SSSR count). The minimum atomic E-state index is -3.51. The normalized spacial score (nSPS) is 18.9. The smallest absolute Gasteiger partial charge is 0.207 e. The quantitative estimate of drug-likeness (QED) is 0.794. The first-order valence-corrected chi connectivity index (χ1v) is 9.30. The van der Waals surface area contributed by atoms with Crippen molar-refractivity contribution < 1.29 is 8.42 Å². The van der Waals surface area contributed by atoms with E-state index in [-0.39, 0.29) is 6.04 Å². The van der Waals surface area contributed by atoms with Gasteiger partial charge >= 0.3 is 0 Å². The van der Waals surface area contributed by atoms with Gasteiger partial charge in [-0.1, -0.05) is 66.6 Å². The Morgan fingerprint density at radius 2 is 1.70 bits per heavy atom. The van der Waals surface area contributed by atoms with Crippen molar-refractivity contribution >= 4 is 10.0 Å². The average Bonchev–Trinajstić information content (AvgIpc) is 3.01. The van der Waals surface area contributed by atoms with Gasteiger partial charge in [0.05, 0.1) is 10.9 Å². The molecule has 120 valence electrons. The van der Waals surface area contributed by atoms with Crippen LogP contribution in [0.2, 0.25) is 0 Å². The summed E-state index contributed by atoms with van der Waals surface area (Å²) in [6, 6.07) is 16.7. The molecule has 1 aliphatic heterocycles. The van der Waals surface area contributed by atoms with Crippen LogP contribution in [0.3, 0.4) is 0 Å². The Balaban J connectivity index is 2.03. The van der Waals surface area contributed by atoms with Gasteiger partial charge in [0.1, 0.15) is 0 Å². The fourth-order valence-corrected chi connectivity index (χ4v) is 4.60. The van der Waals surface area contributed by atoms with Gasteiger partial charge in [0.15, 0.2) is 0 Å². The molecule has 0 radical (unpaired) electrons. The molecule has 1 aliphatic rings. The number of benzene rings is 2. The summed E-state index contributed by atoms with van der Waals surface area (Å²) in [5.74, 6) is 0. The molecule has 0 saturated heterocycles. The van der Waals surface area contributed by atoms with Crippen LogP contribution in [-0.4, -0.2) is 19.3 Å². The molecule has 1 atom stereocenters. The Labute approximate surface area is 138 Å². The fourth-order valence-electron chi connectivity index (χ4n) is 3.05. The molecule has 0 saturated carbocycles. The number of hydrogen-bond donors (Lipinski definition) is 0. The molecule has 4 heteroatoms. The lowest BCUT2D eigenvalue weighted by Gasteiger charge is -2.27. The van der Waals surface area contributed by atoms with Gasteiger partial charge in [-0.3, -0.25) is 0 Å². The van der Waals surface area contributed by atoms with Crippen molar-refractivity contribution in [2.45, 2.75) is 31.2 Å². The van der Waals surface area contributed by atoms with Crippen LogP contribution in [0.5, 0.6) is 0 Å². The Morgan fingerprint density at radius 1 is 1.04 bits per heavy atom. The molecular weight excluding hydrogens is 306 g/mol. The topological polar surface area (TPSA) is 37.4 Å². The average molecular weight is 327 g/mol. The van der Waals surface area contributed by atoms with E-state index in [1.807, 2.05) is 55.5 Å². The number of nitrogens with zero attached hydrogens (tertiary/aromatic N) is 1. The number of aryl methyl sites for hydroxylation is 1. The van der Waals surface area contributed by atoms with E-state index in [0.717, 1.165) is 23.1 Å². The Hall–Kier alpha value is -1.91. The van der Waals surface area contributed by atoms with E-state index in [2.05, 4.69) is 6.92 Å². The van der Waals surface area contributed by atoms with E-state index in [4.69, 9.17) is 0 Å². The summed E-state index contributed by atoms with van der Waals surface area (Å²) in [5, 5.41) is 0. The van der Waals surface area contributed by atoms with E-state index in [0.29, 0.717) is 11.4 Å². The second-order valence-corrected chi connectivity index (χ2v) is 7.72. The van der Waals surface area contributed by atoms with Crippen molar-refractivity contribution in [2.75, 3.05) is 6.54 Å². The molecule has 1 unspecified atom stereocenters. The summed E-state index contributed by atoms with van der Waals surface area (Å²) in [6.45, 7) is 4.46. The lowest BCUT2D eigenvalue weighted by atomic mass is 9.99. The monoisotopic (exact) mass is 327 g/mol. The molecule has 2 aromatic carbocycles. The minimum Gasteiger partial charge on any atom is -0.207 e. The third-order valence-electron chi connectivity index (χ3n) is 4.32. The molecule has 3 nitrogen and oxygen atoms in total. The summed E-state index contributed by atoms with van der Waals surface area (Å²) in [5.41, 5.74) is 3.23. The molecule has 0 fully saturated rings. The molecule has 0 N–H and O–H groups in total.